The number of aryl methyl sites for hydroxylation is 2. The Labute approximate surface area is 127 Å². The van der Waals surface area contributed by atoms with Gasteiger partial charge in [0, 0.05) is 5.92 Å². The average molecular weight is 283 g/mol. The Hall–Kier alpha value is -1.80. The lowest BCUT2D eigenvalue weighted by atomic mass is 9.90. The standard InChI is InChI=1S/C19H25NO/c1-4-21-19-9-8-15(3)11-18(19)17(13-20)12-16-7-5-6-14(2)10-16/h5-11,17H,4,12-13,20H2,1-3H3. The zero-order valence-corrected chi connectivity index (χ0v) is 13.2. The number of ether oxygens (including phenoxy) is 1. The number of hydrogen-bond acceptors (Lipinski definition) is 2. The Morgan fingerprint density at radius 1 is 1.05 bits per heavy atom. The lowest BCUT2D eigenvalue weighted by Crippen LogP contribution is -2.16. The normalized spacial score (nSPS) is 12.2. The van der Waals surface area contributed by atoms with Crippen LogP contribution >= 0.6 is 0 Å². The second-order valence-corrected chi connectivity index (χ2v) is 5.60. The van der Waals surface area contributed by atoms with Crippen molar-refractivity contribution in [2.75, 3.05) is 13.2 Å². The fraction of sp³-hybridized carbons (Fsp3) is 0.368. The van der Waals surface area contributed by atoms with E-state index in [0.29, 0.717) is 13.2 Å². The van der Waals surface area contributed by atoms with Gasteiger partial charge in [0.1, 0.15) is 5.75 Å². The van der Waals surface area contributed by atoms with Crippen LogP contribution in [0.3, 0.4) is 0 Å². The van der Waals surface area contributed by atoms with Crippen molar-refractivity contribution >= 4 is 0 Å². The first-order valence-electron chi connectivity index (χ1n) is 7.63. The molecular weight excluding hydrogens is 258 g/mol. The molecule has 2 aromatic rings. The van der Waals surface area contributed by atoms with E-state index in [0.717, 1.165) is 12.2 Å². The van der Waals surface area contributed by atoms with Crippen LogP contribution in [0.5, 0.6) is 5.75 Å². The molecule has 1 unspecified atom stereocenters. The van der Waals surface area contributed by atoms with Crippen LogP contribution in [0.4, 0.5) is 0 Å². The van der Waals surface area contributed by atoms with Gasteiger partial charge in [0.05, 0.1) is 6.61 Å². The van der Waals surface area contributed by atoms with Crippen LogP contribution in [0.15, 0.2) is 42.5 Å². The molecule has 0 radical (unpaired) electrons. The van der Waals surface area contributed by atoms with Gasteiger partial charge in [-0.2, -0.15) is 0 Å². The Morgan fingerprint density at radius 2 is 1.81 bits per heavy atom. The molecule has 2 heteroatoms. The van der Waals surface area contributed by atoms with Crippen molar-refractivity contribution in [3.63, 3.8) is 0 Å². The molecule has 21 heavy (non-hydrogen) atoms. The summed E-state index contributed by atoms with van der Waals surface area (Å²) in [6.45, 7) is 7.55. The highest BCUT2D eigenvalue weighted by atomic mass is 16.5. The highest BCUT2D eigenvalue weighted by Crippen LogP contribution is 2.30. The van der Waals surface area contributed by atoms with Crippen LogP contribution in [0.2, 0.25) is 0 Å². The van der Waals surface area contributed by atoms with Gasteiger partial charge in [-0.1, -0.05) is 47.5 Å². The third-order valence-corrected chi connectivity index (χ3v) is 3.75. The second-order valence-electron chi connectivity index (χ2n) is 5.60. The predicted octanol–water partition coefficient (Wildman–Crippen LogP) is 3.99. The Bertz CT molecular complexity index is 592. The van der Waals surface area contributed by atoms with Crippen molar-refractivity contribution in [1.29, 1.82) is 0 Å². The molecule has 0 amide bonds. The summed E-state index contributed by atoms with van der Waals surface area (Å²) in [5, 5.41) is 0. The van der Waals surface area contributed by atoms with E-state index in [4.69, 9.17) is 10.5 Å². The molecule has 0 spiro atoms. The Balaban J connectivity index is 2.30. The molecule has 0 bridgehead atoms. The molecule has 2 aromatic carbocycles. The minimum Gasteiger partial charge on any atom is -0.494 e. The SMILES string of the molecule is CCOc1ccc(C)cc1C(CN)Cc1cccc(C)c1. The van der Waals surface area contributed by atoms with Crippen LogP contribution in [0.25, 0.3) is 0 Å². The van der Waals surface area contributed by atoms with Gasteiger partial charge in [-0.15, -0.1) is 0 Å². The summed E-state index contributed by atoms with van der Waals surface area (Å²) < 4.78 is 5.78. The quantitative estimate of drug-likeness (QED) is 0.870. The van der Waals surface area contributed by atoms with Gasteiger partial charge in [-0.3, -0.25) is 0 Å². The maximum Gasteiger partial charge on any atom is 0.122 e. The van der Waals surface area contributed by atoms with Crippen molar-refractivity contribution in [3.05, 3.63) is 64.7 Å². The predicted molar refractivity (Wildman–Crippen MR) is 89.0 cm³/mol. The highest BCUT2D eigenvalue weighted by Gasteiger charge is 2.16. The molecule has 0 fully saturated rings. The molecular formula is C19H25NO. The summed E-state index contributed by atoms with van der Waals surface area (Å²) in [5.41, 5.74) is 11.1. The molecule has 2 rings (SSSR count). The zero-order chi connectivity index (χ0) is 15.2. The van der Waals surface area contributed by atoms with Gasteiger partial charge in [-0.25, -0.2) is 0 Å². The molecule has 0 aliphatic heterocycles. The van der Waals surface area contributed by atoms with Gasteiger partial charge in [0.15, 0.2) is 0 Å². The minimum absolute atomic E-state index is 0.285. The van der Waals surface area contributed by atoms with Crippen molar-refractivity contribution < 1.29 is 4.74 Å². The maximum absolute atomic E-state index is 6.05. The molecule has 0 aromatic heterocycles. The molecule has 0 saturated heterocycles. The molecule has 112 valence electrons. The minimum atomic E-state index is 0.285. The smallest absolute Gasteiger partial charge is 0.122 e. The summed E-state index contributed by atoms with van der Waals surface area (Å²) in [6, 6.07) is 15.0. The van der Waals surface area contributed by atoms with Crippen molar-refractivity contribution in [3.8, 4) is 5.75 Å². The molecule has 0 aliphatic rings. The third-order valence-electron chi connectivity index (χ3n) is 3.75. The van der Waals surface area contributed by atoms with Crippen LogP contribution < -0.4 is 10.5 Å². The van der Waals surface area contributed by atoms with Gasteiger partial charge >= 0.3 is 0 Å². The first-order valence-corrected chi connectivity index (χ1v) is 7.63. The van der Waals surface area contributed by atoms with Gasteiger partial charge in [-0.05, 0) is 50.9 Å². The van der Waals surface area contributed by atoms with E-state index in [9.17, 15) is 0 Å². The summed E-state index contributed by atoms with van der Waals surface area (Å²) in [5.74, 6) is 1.25. The fourth-order valence-corrected chi connectivity index (χ4v) is 2.72. The van der Waals surface area contributed by atoms with E-state index in [2.05, 4.69) is 56.3 Å². The first-order chi connectivity index (χ1) is 10.1. The van der Waals surface area contributed by atoms with E-state index in [1.807, 2.05) is 6.92 Å². The molecule has 2 nitrogen and oxygen atoms in total. The van der Waals surface area contributed by atoms with E-state index in [1.165, 1.54) is 22.3 Å². The van der Waals surface area contributed by atoms with Crippen LogP contribution in [0.1, 0.15) is 35.1 Å². The van der Waals surface area contributed by atoms with E-state index in [-0.39, 0.29) is 5.92 Å². The zero-order valence-electron chi connectivity index (χ0n) is 13.2. The number of benzene rings is 2. The van der Waals surface area contributed by atoms with E-state index >= 15 is 0 Å². The number of hydrogen-bond donors (Lipinski definition) is 1. The lowest BCUT2D eigenvalue weighted by Gasteiger charge is -2.20. The topological polar surface area (TPSA) is 35.2 Å². The monoisotopic (exact) mass is 283 g/mol. The highest BCUT2D eigenvalue weighted by molar-refractivity contribution is 5.41. The fourth-order valence-electron chi connectivity index (χ4n) is 2.72. The lowest BCUT2D eigenvalue weighted by molar-refractivity contribution is 0.334. The molecule has 2 N–H and O–H groups in total. The van der Waals surface area contributed by atoms with Gasteiger partial charge in [0.25, 0.3) is 0 Å². The Kier molecular flexibility index (Phi) is 5.40. The van der Waals surface area contributed by atoms with Crippen LogP contribution in [-0.2, 0) is 6.42 Å². The van der Waals surface area contributed by atoms with Crippen molar-refractivity contribution in [2.24, 2.45) is 5.73 Å². The molecule has 0 saturated carbocycles. The molecule has 1 atom stereocenters. The number of nitrogens with two attached hydrogens (primary N) is 1. The summed E-state index contributed by atoms with van der Waals surface area (Å²) in [7, 11) is 0. The second kappa shape index (κ2) is 7.28. The van der Waals surface area contributed by atoms with Crippen molar-refractivity contribution in [2.45, 2.75) is 33.1 Å². The van der Waals surface area contributed by atoms with E-state index in [1.54, 1.807) is 0 Å². The van der Waals surface area contributed by atoms with Gasteiger partial charge in [0.2, 0.25) is 0 Å². The average Bonchev–Trinajstić information content (AvgIpc) is 2.47. The Morgan fingerprint density at radius 3 is 2.48 bits per heavy atom. The van der Waals surface area contributed by atoms with Gasteiger partial charge < -0.3 is 10.5 Å². The third kappa shape index (κ3) is 4.08. The summed E-state index contributed by atoms with van der Waals surface area (Å²) >= 11 is 0. The van der Waals surface area contributed by atoms with Crippen LogP contribution in [0, 0.1) is 13.8 Å². The summed E-state index contributed by atoms with van der Waals surface area (Å²) in [6.07, 6.45) is 0.946. The molecule has 0 heterocycles. The summed E-state index contributed by atoms with van der Waals surface area (Å²) in [4.78, 5) is 0. The first kappa shape index (κ1) is 15.6. The maximum atomic E-state index is 6.05. The van der Waals surface area contributed by atoms with Crippen LogP contribution in [-0.4, -0.2) is 13.2 Å². The molecule has 0 aliphatic carbocycles. The van der Waals surface area contributed by atoms with E-state index < -0.39 is 0 Å². The number of rotatable bonds is 6. The van der Waals surface area contributed by atoms with Crippen molar-refractivity contribution in [1.82, 2.24) is 0 Å². The largest absolute Gasteiger partial charge is 0.494 e.